The van der Waals surface area contributed by atoms with E-state index < -0.39 is 18.5 Å². The number of anilines is 1. The van der Waals surface area contributed by atoms with Crippen molar-refractivity contribution in [3.63, 3.8) is 0 Å². The molecule has 0 bridgehead atoms. The Labute approximate surface area is 103 Å². The lowest BCUT2D eigenvalue weighted by Gasteiger charge is -2.17. The van der Waals surface area contributed by atoms with Gasteiger partial charge in [0.25, 0.3) is 0 Å². The molecule has 2 rings (SSSR count). The van der Waals surface area contributed by atoms with Gasteiger partial charge in [-0.1, -0.05) is 11.6 Å². The van der Waals surface area contributed by atoms with E-state index in [0.29, 0.717) is 10.7 Å². The van der Waals surface area contributed by atoms with Gasteiger partial charge in [0, 0.05) is 11.4 Å². The Balaban J connectivity index is 2.40. The number of halogens is 2. The molecule has 1 fully saturated rings. The number of carbonyl (C=O) groups is 2. The molecular formula is C12H11ClFNO2. The maximum atomic E-state index is 12.6. The number of hydrogen-bond acceptors (Lipinski definition) is 2. The summed E-state index contributed by atoms with van der Waals surface area (Å²) in [6.45, 7) is 0.957. The Morgan fingerprint density at radius 2 is 2.18 bits per heavy atom. The van der Waals surface area contributed by atoms with Crippen LogP contribution in [0.2, 0.25) is 5.02 Å². The number of rotatable bonds is 2. The molecule has 1 aliphatic heterocycles. The summed E-state index contributed by atoms with van der Waals surface area (Å²) >= 11 is 5.80. The Morgan fingerprint density at radius 1 is 1.47 bits per heavy atom. The fourth-order valence-electron chi connectivity index (χ4n) is 1.94. The molecule has 90 valence electrons. The van der Waals surface area contributed by atoms with Crippen LogP contribution in [-0.2, 0) is 9.59 Å². The molecule has 1 heterocycles. The summed E-state index contributed by atoms with van der Waals surface area (Å²) in [5.74, 6) is -1.66. The lowest BCUT2D eigenvalue weighted by Crippen LogP contribution is -2.31. The predicted molar refractivity (Wildman–Crippen MR) is 62.8 cm³/mol. The van der Waals surface area contributed by atoms with Crippen LogP contribution in [0.3, 0.4) is 0 Å². The van der Waals surface area contributed by atoms with Gasteiger partial charge in [-0.2, -0.15) is 0 Å². The van der Waals surface area contributed by atoms with Gasteiger partial charge in [0.15, 0.2) is 0 Å². The highest BCUT2D eigenvalue weighted by Crippen LogP contribution is 2.30. The van der Waals surface area contributed by atoms with Crippen molar-refractivity contribution in [2.75, 3.05) is 11.6 Å². The lowest BCUT2D eigenvalue weighted by atomic mass is 10.1. The summed E-state index contributed by atoms with van der Waals surface area (Å²) in [7, 11) is 0. The number of amides is 2. The Hall–Kier alpha value is -1.42. The highest BCUT2D eigenvalue weighted by Gasteiger charge is 2.39. The van der Waals surface area contributed by atoms with E-state index in [2.05, 4.69) is 0 Å². The van der Waals surface area contributed by atoms with E-state index in [0.717, 1.165) is 10.5 Å². The van der Waals surface area contributed by atoms with Crippen molar-refractivity contribution < 1.29 is 14.0 Å². The molecule has 1 saturated heterocycles. The molecule has 2 amide bonds. The van der Waals surface area contributed by atoms with Crippen molar-refractivity contribution in [2.45, 2.75) is 13.3 Å². The van der Waals surface area contributed by atoms with Gasteiger partial charge in [0.2, 0.25) is 11.8 Å². The van der Waals surface area contributed by atoms with E-state index in [1.807, 2.05) is 0 Å². The van der Waals surface area contributed by atoms with Gasteiger partial charge in [0.05, 0.1) is 11.6 Å². The molecule has 3 nitrogen and oxygen atoms in total. The Morgan fingerprint density at radius 3 is 2.71 bits per heavy atom. The van der Waals surface area contributed by atoms with Gasteiger partial charge in [-0.05, 0) is 30.7 Å². The van der Waals surface area contributed by atoms with Gasteiger partial charge in [-0.25, -0.2) is 4.90 Å². The van der Waals surface area contributed by atoms with Crippen LogP contribution in [0, 0.1) is 12.8 Å². The van der Waals surface area contributed by atoms with Crippen molar-refractivity contribution >= 4 is 29.1 Å². The zero-order valence-corrected chi connectivity index (χ0v) is 10.00. The fourth-order valence-corrected chi connectivity index (χ4v) is 2.16. The normalized spacial score (nSPS) is 20.2. The van der Waals surface area contributed by atoms with Gasteiger partial charge < -0.3 is 0 Å². The number of benzene rings is 1. The van der Waals surface area contributed by atoms with Crippen LogP contribution in [-0.4, -0.2) is 18.5 Å². The molecule has 1 aliphatic rings. The van der Waals surface area contributed by atoms with Gasteiger partial charge in [-0.15, -0.1) is 0 Å². The van der Waals surface area contributed by atoms with Crippen molar-refractivity contribution in [1.82, 2.24) is 0 Å². The highest BCUT2D eigenvalue weighted by atomic mass is 35.5. The molecular weight excluding hydrogens is 245 g/mol. The van der Waals surface area contributed by atoms with E-state index in [1.54, 1.807) is 25.1 Å². The van der Waals surface area contributed by atoms with Crippen molar-refractivity contribution in [2.24, 2.45) is 5.92 Å². The number of alkyl halides is 1. The summed E-state index contributed by atoms with van der Waals surface area (Å²) in [5.41, 5.74) is 1.21. The first kappa shape index (κ1) is 12.0. The van der Waals surface area contributed by atoms with Gasteiger partial charge in [-0.3, -0.25) is 14.0 Å². The average molecular weight is 256 g/mol. The maximum Gasteiger partial charge on any atom is 0.240 e. The molecule has 0 N–H and O–H groups in total. The van der Waals surface area contributed by atoms with Crippen LogP contribution >= 0.6 is 11.6 Å². The summed E-state index contributed by atoms with van der Waals surface area (Å²) in [4.78, 5) is 24.6. The second-order valence-corrected chi connectivity index (χ2v) is 4.49. The van der Waals surface area contributed by atoms with E-state index in [-0.39, 0.29) is 12.3 Å². The molecule has 5 heteroatoms. The van der Waals surface area contributed by atoms with Crippen LogP contribution in [0.1, 0.15) is 12.0 Å². The first-order chi connectivity index (χ1) is 8.04. The second-order valence-electron chi connectivity index (χ2n) is 4.05. The monoisotopic (exact) mass is 255 g/mol. The first-order valence-electron chi connectivity index (χ1n) is 5.23. The van der Waals surface area contributed by atoms with E-state index in [9.17, 15) is 14.0 Å². The fraction of sp³-hybridized carbons (Fsp3) is 0.333. The van der Waals surface area contributed by atoms with E-state index >= 15 is 0 Å². The molecule has 1 aromatic rings. The van der Waals surface area contributed by atoms with Gasteiger partial charge >= 0.3 is 0 Å². The van der Waals surface area contributed by atoms with Crippen LogP contribution in [0.5, 0.6) is 0 Å². The lowest BCUT2D eigenvalue weighted by molar-refractivity contribution is -0.122. The zero-order chi connectivity index (χ0) is 12.6. The van der Waals surface area contributed by atoms with Gasteiger partial charge in [0.1, 0.15) is 6.67 Å². The van der Waals surface area contributed by atoms with Crippen molar-refractivity contribution in [3.05, 3.63) is 28.8 Å². The molecule has 1 atom stereocenters. The van der Waals surface area contributed by atoms with Crippen LogP contribution < -0.4 is 4.90 Å². The molecule has 17 heavy (non-hydrogen) atoms. The minimum atomic E-state index is -0.836. The standard InChI is InChI=1S/C12H11ClFNO2/c1-7-4-9(13)2-3-10(7)15-11(16)5-8(6-14)12(15)17/h2-4,8H,5-6H2,1H3. The van der Waals surface area contributed by atoms with Crippen LogP contribution in [0.15, 0.2) is 18.2 Å². The smallest absolute Gasteiger partial charge is 0.240 e. The minimum absolute atomic E-state index is 0.0581. The predicted octanol–water partition coefficient (Wildman–Crippen LogP) is 2.50. The minimum Gasteiger partial charge on any atom is -0.274 e. The number of hydrogen-bond donors (Lipinski definition) is 0. The van der Waals surface area contributed by atoms with Crippen LogP contribution in [0.4, 0.5) is 10.1 Å². The highest BCUT2D eigenvalue weighted by molar-refractivity contribution is 6.31. The third kappa shape index (κ3) is 2.05. The number of aryl methyl sites for hydroxylation is 1. The summed E-state index contributed by atoms with van der Waals surface area (Å²) in [6.07, 6.45) is -0.0581. The zero-order valence-electron chi connectivity index (χ0n) is 9.24. The van der Waals surface area contributed by atoms with Crippen molar-refractivity contribution in [3.8, 4) is 0 Å². The summed E-state index contributed by atoms with van der Waals surface area (Å²) in [5, 5.41) is 0.535. The summed E-state index contributed by atoms with van der Waals surface area (Å²) < 4.78 is 12.6. The molecule has 1 unspecified atom stereocenters. The van der Waals surface area contributed by atoms with Crippen molar-refractivity contribution in [1.29, 1.82) is 0 Å². The molecule has 0 saturated carbocycles. The Kier molecular flexibility index (Phi) is 3.15. The molecule has 0 radical (unpaired) electrons. The molecule has 0 aliphatic carbocycles. The topological polar surface area (TPSA) is 37.4 Å². The third-order valence-electron chi connectivity index (χ3n) is 2.83. The van der Waals surface area contributed by atoms with E-state index in [4.69, 9.17) is 11.6 Å². The quantitative estimate of drug-likeness (QED) is 0.762. The summed E-state index contributed by atoms with van der Waals surface area (Å²) in [6, 6.07) is 4.88. The van der Waals surface area contributed by atoms with E-state index in [1.165, 1.54) is 0 Å². The number of imide groups is 1. The second kappa shape index (κ2) is 4.45. The average Bonchev–Trinajstić information content (AvgIpc) is 2.55. The van der Waals surface area contributed by atoms with Crippen LogP contribution in [0.25, 0.3) is 0 Å². The number of carbonyl (C=O) groups excluding carboxylic acids is 2. The maximum absolute atomic E-state index is 12.6. The SMILES string of the molecule is Cc1cc(Cl)ccc1N1C(=O)CC(CF)C1=O. The molecule has 0 aromatic heterocycles. The number of nitrogens with zero attached hydrogens (tertiary/aromatic N) is 1. The Bertz CT molecular complexity index is 489. The molecule has 1 aromatic carbocycles. The molecule has 0 spiro atoms. The first-order valence-corrected chi connectivity index (χ1v) is 5.61. The third-order valence-corrected chi connectivity index (χ3v) is 3.06. The largest absolute Gasteiger partial charge is 0.274 e.